The number of carbonyl (C=O) groups is 2. The summed E-state index contributed by atoms with van der Waals surface area (Å²) < 4.78 is 0. The van der Waals surface area contributed by atoms with Crippen LogP contribution in [0.25, 0.3) is 0 Å². The molecule has 5 nitrogen and oxygen atoms in total. The van der Waals surface area contributed by atoms with Crippen LogP contribution in [-0.2, 0) is 29.0 Å². The van der Waals surface area contributed by atoms with Gasteiger partial charge in [-0.15, -0.1) is 0 Å². The average Bonchev–Trinajstić information content (AvgIpc) is 3.00. The van der Waals surface area contributed by atoms with Gasteiger partial charge in [0.1, 0.15) is 0 Å². The molecule has 26 heavy (non-hydrogen) atoms. The van der Waals surface area contributed by atoms with Crippen LogP contribution in [-0.4, -0.2) is 18.4 Å². The van der Waals surface area contributed by atoms with E-state index in [1.807, 2.05) is 36.4 Å². The monoisotopic (exact) mass is 351 g/mol. The molecule has 0 saturated heterocycles. The second-order valence-electron chi connectivity index (χ2n) is 6.56. The number of aryl methyl sites for hydroxylation is 1. The molecular formula is C21H25N3O2. The zero-order chi connectivity index (χ0) is 18.4. The van der Waals surface area contributed by atoms with Gasteiger partial charge >= 0.3 is 0 Å². The summed E-state index contributed by atoms with van der Waals surface area (Å²) in [5, 5.41) is 9.14. The molecule has 1 heterocycles. The fourth-order valence-electron chi connectivity index (χ4n) is 3.16. The highest BCUT2D eigenvalue weighted by Gasteiger charge is 2.17. The third-order valence-electron chi connectivity index (χ3n) is 4.52. The van der Waals surface area contributed by atoms with Gasteiger partial charge in [-0.1, -0.05) is 37.3 Å². The van der Waals surface area contributed by atoms with E-state index in [0.29, 0.717) is 12.8 Å². The molecule has 0 aliphatic carbocycles. The molecule has 0 saturated carbocycles. The lowest BCUT2D eigenvalue weighted by molar-refractivity contribution is -0.116. The topological polar surface area (TPSA) is 70.2 Å². The first-order valence-corrected chi connectivity index (χ1v) is 9.16. The predicted octanol–water partition coefficient (Wildman–Crippen LogP) is 3.25. The first-order chi connectivity index (χ1) is 12.7. The Balaban J connectivity index is 1.49. The molecule has 0 aromatic heterocycles. The van der Waals surface area contributed by atoms with Gasteiger partial charge in [0.25, 0.3) is 0 Å². The summed E-state index contributed by atoms with van der Waals surface area (Å²) >= 11 is 0. The smallest absolute Gasteiger partial charge is 0.228 e. The van der Waals surface area contributed by atoms with Crippen molar-refractivity contribution in [2.75, 3.05) is 17.2 Å². The van der Waals surface area contributed by atoms with Crippen LogP contribution in [0.3, 0.4) is 0 Å². The van der Waals surface area contributed by atoms with Crippen LogP contribution in [0.2, 0.25) is 0 Å². The molecule has 0 unspecified atom stereocenters. The van der Waals surface area contributed by atoms with Crippen molar-refractivity contribution in [2.45, 2.75) is 39.2 Å². The van der Waals surface area contributed by atoms with E-state index in [1.165, 1.54) is 5.56 Å². The largest absolute Gasteiger partial charge is 0.326 e. The lowest BCUT2D eigenvalue weighted by Gasteiger charge is -2.11. The third kappa shape index (κ3) is 4.70. The van der Waals surface area contributed by atoms with Crippen molar-refractivity contribution in [1.29, 1.82) is 0 Å². The lowest BCUT2D eigenvalue weighted by Crippen LogP contribution is -2.17. The lowest BCUT2D eigenvalue weighted by atomic mass is 10.0. The molecule has 0 bridgehead atoms. The van der Waals surface area contributed by atoms with Crippen LogP contribution in [0.4, 0.5) is 11.4 Å². The number of rotatable bonds is 8. The summed E-state index contributed by atoms with van der Waals surface area (Å²) in [5.74, 6) is 0.0831. The molecule has 2 amide bonds. The Labute approximate surface area is 154 Å². The highest BCUT2D eigenvalue weighted by Crippen LogP contribution is 2.24. The number of anilines is 2. The number of nitrogens with one attached hydrogen (secondary N) is 3. The first kappa shape index (κ1) is 18.1. The second kappa shape index (κ2) is 8.63. The van der Waals surface area contributed by atoms with Gasteiger partial charge in [-0.2, -0.15) is 0 Å². The predicted molar refractivity (Wildman–Crippen MR) is 104 cm³/mol. The molecule has 1 aliphatic rings. The molecule has 0 spiro atoms. The molecule has 136 valence electrons. The summed E-state index contributed by atoms with van der Waals surface area (Å²) in [6, 6.07) is 13.9. The maximum Gasteiger partial charge on any atom is 0.228 e. The van der Waals surface area contributed by atoms with E-state index >= 15 is 0 Å². The van der Waals surface area contributed by atoms with E-state index in [0.717, 1.165) is 48.4 Å². The number of carbonyl (C=O) groups excluding carboxylic acids is 2. The van der Waals surface area contributed by atoms with Crippen molar-refractivity contribution in [2.24, 2.45) is 0 Å². The SMILES string of the molecule is CCNCc1ccccc1NC(=O)CCCc1ccc2c(c1)CC(=O)N2. The summed E-state index contributed by atoms with van der Waals surface area (Å²) in [5.41, 5.74) is 5.10. The minimum absolute atomic E-state index is 0.0342. The Kier molecular flexibility index (Phi) is 6.02. The van der Waals surface area contributed by atoms with Crippen LogP contribution in [0.1, 0.15) is 36.5 Å². The van der Waals surface area contributed by atoms with E-state index in [4.69, 9.17) is 0 Å². The van der Waals surface area contributed by atoms with Gasteiger partial charge in [-0.25, -0.2) is 0 Å². The van der Waals surface area contributed by atoms with Gasteiger partial charge < -0.3 is 16.0 Å². The van der Waals surface area contributed by atoms with Crippen molar-refractivity contribution >= 4 is 23.2 Å². The van der Waals surface area contributed by atoms with Crippen LogP contribution < -0.4 is 16.0 Å². The van der Waals surface area contributed by atoms with E-state index in [1.54, 1.807) is 0 Å². The summed E-state index contributed by atoms with van der Waals surface area (Å²) in [4.78, 5) is 23.7. The summed E-state index contributed by atoms with van der Waals surface area (Å²) in [7, 11) is 0. The number of fused-ring (bicyclic) bond motifs is 1. The van der Waals surface area contributed by atoms with Crippen LogP contribution in [0, 0.1) is 0 Å². The molecule has 5 heteroatoms. The quantitative estimate of drug-likeness (QED) is 0.684. The number of hydrogen-bond donors (Lipinski definition) is 3. The molecule has 3 N–H and O–H groups in total. The van der Waals surface area contributed by atoms with Crippen molar-refractivity contribution in [3.63, 3.8) is 0 Å². The molecule has 3 rings (SSSR count). The number of benzene rings is 2. The van der Waals surface area contributed by atoms with E-state index in [2.05, 4.69) is 28.9 Å². The van der Waals surface area contributed by atoms with Gasteiger partial charge in [0, 0.05) is 24.3 Å². The highest BCUT2D eigenvalue weighted by atomic mass is 16.2. The third-order valence-corrected chi connectivity index (χ3v) is 4.52. The number of para-hydroxylation sites is 1. The average molecular weight is 351 g/mol. The minimum atomic E-state index is 0.0342. The zero-order valence-electron chi connectivity index (χ0n) is 15.1. The molecule has 1 aliphatic heterocycles. The number of hydrogen-bond acceptors (Lipinski definition) is 3. The Bertz CT molecular complexity index is 802. The Hall–Kier alpha value is -2.66. The van der Waals surface area contributed by atoms with Gasteiger partial charge in [-0.3, -0.25) is 9.59 Å². The first-order valence-electron chi connectivity index (χ1n) is 9.16. The van der Waals surface area contributed by atoms with E-state index < -0.39 is 0 Å². The fourth-order valence-corrected chi connectivity index (χ4v) is 3.16. The minimum Gasteiger partial charge on any atom is -0.326 e. The molecule has 2 aromatic carbocycles. The maximum absolute atomic E-state index is 12.3. The van der Waals surface area contributed by atoms with E-state index in [-0.39, 0.29) is 11.8 Å². The maximum atomic E-state index is 12.3. The van der Waals surface area contributed by atoms with Crippen molar-refractivity contribution in [3.8, 4) is 0 Å². The van der Waals surface area contributed by atoms with Crippen molar-refractivity contribution in [1.82, 2.24) is 5.32 Å². The zero-order valence-corrected chi connectivity index (χ0v) is 15.1. The molecular weight excluding hydrogens is 326 g/mol. The van der Waals surface area contributed by atoms with Gasteiger partial charge in [0.05, 0.1) is 6.42 Å². The van der Waals surface area contributed by atoms with Crippen molar-refractivity contribution in [3.05, 3.63) is 59.2 Å². The van der Waals surface area contributed by atoms with Crippen LogP contribution >= 0.6 is 0 Å². The Morgan fingerprint density at radius 3 is 2.88 bits per heavy atom. The van der Waals surface area contributed by atoms with Gasteiger partial charge in [-0.05, 0) is 48.2 Å². The molecule has 0 atom stereocenters. The molecule has 2 aromatic rings. The Morgan fingerprint density at radius 1 is 1.19 bits per heavy atom. The van der Waals surface area contributed by atoms with Crippen LogP contribution in [0.15, 0.2) is 42.5 Å². The van der Waals surface area contributed by atoms with Gasteiger partial charge in [0.2, 0.25) is 11.8 Å². The Morgan fingerprint density at radius 2 is 2.04 bits per heavy atom. The van der Waals surface area contributed by atoms with Crippen molar-refractivity contribution < 1.29 is 9.59 Å². The normalized spacial score (nSPS) is 12.6. The standard InChI is InChI=1S/C21H25N3O2/c1-2-22-14-16-7-3-4-8-18(16)23-20(25)9-5-6-15-10-11-19-17(12-15)13-21(26)24-19/h3-4,7-8,10-12,22H,2,5-6,9,13-14H2,1H3,(H,23,25)(H,24,26). The second-order valence-corrected chi connectivity index (χ2v) is 6.56. The summed E-state index contributed by atoms with van der Waals surface area (Å²) in [6.45, 7) is 3.70. The van der Waals surface area contributed by atoms with E-state index in [9.17, 15) is 9.59 Å². The fraction of sp³-hybridized carbons (Fsp3) is 0.333. The molecule has 0 fully saturated rings. The summed E-state index contributed by atoms with van der Waals surface area (Å²) in [6.07, 6.45) is 2.53. The molecule has 0 radical (unpaired) electrons. The number of amides is 2. The van der Waals surface area contributed by atoms with Gasteiger partial charge in [0.15, 0.2) is 0 Å². The van der Waals surface area contributed by atoms with Crippen LogP contribution in [0.5, 0.6) is 0 Å². The highest BCUT2D eigenvalue weighted by molar-refractivity contribution is 5.99.